The molecule has 6 nitrogen and oxygen atoms in total. The molecule has 0 radical (unpaired) electrons. The van der Waals surface area contributed by atoms with E-state index in [1.54, 1.807) is 6.08 Å². The molecule has 3 amide bonds. The molecule has 0 saturated carbocycles. The van der Waals surface area contributed by atoms with Crippen molar-refractivity contribution in [3.05, 3.63) is 69.1 Å². The maximum Gasteiger partial charge on any atom is 0.294 e. The van der Waals surface area contributed by atoms with E-state index in [1.807, 2.05) is 39.0 Å². The number of nitrogens with zero attached hydrogens (tertiary/aromatic N) is 2. The highest BCUT2D eigenvalue weighted by Crippen LogP contribution is 2.40. The lowest BCUT2D eigenvalue weighted by atomic mass is 9.87. The molecule has 2 aliphatic heterocycles. The van der Waals surface area contributed by atoms with Crippen LogP contribution in [0.4, 0.5) is 16.2 Å². The molecule has 7 heteroatoms. The minimum atomic E-state index is -0.445. The lowest BCUT2D eigenvalue weighted by Crippen LogP contribution is -2.42. The van der Waals surface area contributed by atoms with Crippen molar-refractivity contribution >= 4 is 51.8 Å². The van der Waals surface area contributed by atoms with Gasteiger partial charge in [0, 0.05) is 24.0 Å². The maximum atomic E-state index is 13.1. The summed E-state index contributed by atoms with van der Waals surface area (Å²) in [6, 6.07) is 9.93. The van der Waals surface area contributed by atoms with Gasteiger partial charge in [0.25, 0.3) is 11.1 Å². The van der Waals surface area contributed by atoms with Crippen LogP contribution in [0.2, 0.25) is 0 Å². The Balaban J connectivity index is 1.57. The molecule has 1 N–H and O–H groups in total. The van der Waals surface area contributed by atoms with Crippen molar-refractivity contribution in [1.82, 2.24) is 4.90 Å². The zero-order valence-electron chi connectivity index (χ0n) is 21.3. The first-order valence-electron chi connectivity index (χ1n) is 11.6. The molecule has 35 heavy (non-hydrogen) atoms. The minimum Gasteiger partial charge on any atom is -0.365 e. The quantitative estimate of drug-likeness (QED) is 0.540. The Morgan fingerprint density at radius 2 is 1.71 bits per heavy atom. The topological polar surface area (TPSA) is 69.7 Å². The summed E-state index contributed by atoms with van der Waals surface area (Å²) >= 11 is 0.872. The lowest BCUT2D eigenvalue weighted by Gasteiger charge is -2.41. The molecular formula is C28H31N3O3S. The van der Waals surface area contributed by atoms with E-state index in [-0.39, 0.29) is 12.1 Å². The van der Waals surface area contributed by atoms with E-state index in [0.717, 1.165) is 50.2 Å². The van der Waals surface area contributed by atoms with Crippen molar-refractivity contribution < 1.29 is 14.4 Å². The Morgan fingerprint density at radius 1 is 1.06 bits per heavy atom. The van der Waals surface area contributed by atoms with Gasteiger partial charge < -0.3 is 10.2 Å². The number of hydrogen-bond acceptors (Lipinski definition) is 5. The van der Waals surface area contributed by atoms with Crippen LogP contribution in [0.1, 0.15) is 48.6 Å². The molecular weight excluding hydrogens is 458 g/mol. The van der Waals surface area contributed by atoms with Crippen molar-refractivity contribution in [3.8, 4) is 0 Å². The SMILES string of the molecule is CC1=CC(C)(C)N(C)c2cc(C)c(/C=C3/SC(=O)N(CC(=O)Nc4c(C)cccc4C)C3=O)cc21. The van der Waals surface area contributed by atoms with Gasteiger partial charge in [0.1, 0.15) is 6.54 Å². The fourth-order valence-electron chi connectivity index (χ4n) is 4.58. The second-order valence-corrected chi connectivity index (χ2v) is 10.8. The predicted molar refractivity (Wildman–Crippen MR) is 145 cm³/mol. The molecule has 2 aromatic rings. The van der Waals surface area contributed by atoms with Gasteiger partial charge in [0.05, 0.1) is 10.4 Å². The Labute approximate surface area is 211 Å². The number of thioether (sulfide) groups is 1. The van der Waals surface area contributed by atoms with E-state index in [0.29, 0.717) is 10.6 Å². The standard InChI is InChI=1S/C28H31N3O3S/c1-16-9-8-10-17(2)25(16)29-24(32)15-31-26(33)23(35-27(31)34)13-20-12-21-19(4)14-28(5,6)30(7)22(21)11-18(20)3/h8-14H,15H2,1-7H3,(H,29,32)/b23-13+. The first-order chi connectivity index (χ1) is 16.4. The number of nitrogens with one attached hydrogen (secondary N) is 1. The number of likely N-dealkylation sites (N-methyl/N-ethyl adjacent to an activating group) is 1. The number of para-hydroxylation sites is 1. The molecule has 4 rings (SSSR count). The molecule has 1 saturated heterocycles. The number of anilines is 2. The summed E-state index contributed by atoms with van der Waals surface area (Å²) in [7, 11) is 2.08. The van der Waals surface area contributed by atoms with Gasteiger partial charge in [-0.3, -0.25) is 19.3 Å². The Morgan fingerprint density at radius 3 is 2.37 bits per heavy atom. The van der Waals surface area contributed by atoms with Crippen molar-refractivity contribution in [2.75, 3.05) is 23.8 Å². The summed E-state index contributed by atoms with van der Waals surface area (Å²) in [5, 5.41) is 2.41. The molecule has 2 aromatic carbocycles. The normalized spacial score (nSPS) is 18.1. The number of allylic oxidation sites excluding steroid dienone is 1. The minimum absolute atomic E-state index is 0.0922. The second kappa shape index (κ2) is 9.04. The number of carbonyl (C=O) groups is 3. The van der Waals surface area contributed by atoms with E-state index in [4.69, 9.17) is 0 Å². The van der Waals surface area contributed by atoms with Gasteiger partial charge in [-0.25, -0.2) is 0 Å². The van der Waals surface area contributed by atoms with Crippen LogP contribution in [0.5, 0.6) is 0 Å². The fourth-order valence-corrected chi connectivity index (χ4v) is 5.41. The van der Waals surface area contributed by atoms with Crippen LogP contribution < -0.4 is 10.2 Å². The van der Waals surface area contributed by atoms with Crippen molar-refractivity contribution in [1.29, 1.82) is 0 Å². The molecule has 2 heterocycles. The van der Waals surface area contributed by atoms with E-state index >= 15 is 0 Å². The van der Waals surface area contributed by atoms with E-state index in [2.05, 4.69) is 56.2 Å². The average molecular weight is 490 g/mol. The number of hydrogen-bond donors (Lipinski definition) is 1. The molecule has 0 aliphatic carbocycles. The molecule has 0 aromatic heterocycles. The zero-order valence-corrected chi connectivity index (χ0v) is 22.1. The third-order valence-corrected chi connectivity index (χ3v) is 7.72. The van der Waals surface area contributed by atoms with Crippen molar-refractivity contribution in [3.63, 3.8) is 0 Å². The second-order valence-electron chi connectivity index (χ2n) is 9.85. The van der Waals surface area contributed by atoms with Crippen LogP contribution in [0, 0.1) is 20.8 Å². The van der Waals surface area contributed by atoms with Gasteiger partial charge in [-0.15, -0.1) is 0 Å². The number of carbonyl (C=O) groups excluding carboxylic acids is 3. The summed E-state index contributed by atoms with van der Waals surface area (Å²) in [4.78, 5) is 41.9. The van der Waals surface area contributed by atoms with Gasteiger partial charge in [-0.05, 0) is 99.3 Å². The highest BCUT2D eigenvalue weighted by molar-refractivity contribution is 8.18. The molecule has 0 bridgehead atoms. The Kier molecular flexibility index (Phi) is 6.40. The van der Waals surface area contributed by atoms with E-state index < -0.39 is 17.1 Å². The van der Waals surface area contributed by atoms with Gasteiger partial charge in [0.2, 0.25) is 5.91 Å². The Bertz CT molecular complexity index is 1300. The van der Waals surface area contributed by atoms with Crippen LogP contribution in [0.15, 0.2) is 41.3 Å². The fraction of sp³-hybridized carbons (Fsp3) is 0.321. The number of rotatable bonds is 4. The van der Waals surface area contributed by atoms with Crippen molar-refractivity contribution in [2.24, 2.45) is 0 Å². The van der Waals surface area contributed by atoms with Crippen LogP contribution in [0.3, 0.4) is 0 Å². The number of aryl methyl sites for hydroxylation is 3. The van der Waals surface area contributed by atoms with Gasteiger partial charge in [0.15, 0.2) is 0 Å². The summed E-state index contributed by atoms with van der Waals surface area (Å²) < 4.78 is 0. The van der Waals surface area contributed by atoms with E-state index in [1.165, 1.54) is 5.57 Å². The number of amides is 3. The van der Waals surface area contributed by atoms with Gasteiger partial charge in [-0.2, -0.15) is 0 Å². The van der Waals surface area contributed by atoms with E-state index in [9.17, 15) is 14.4 Å². The third-order valence-electron chi connectivity index (χ3n) is 6.81. The first kappa shape index (κ1) is 24.8. The molecule has 2 aliphatic rings. The van der Waals surface area contributed by atoms with Crippen LogP contribution in [-0.4, -0.2) is 41.1 Å². The molecule has 1 fully saturated rings. The Hall–Kier alpha value is -3.32. The molecule has 0 unspecified atom stereocenters. The van der Waals surface area contributed by atoms with Crippen LogP contribution in [0.25, 0.3) is 11.6 Å². The summed E-state index contributed by atoms with van der Waals surface area (Å²) in [6.07, 6.45) is 3.99. The lowest BCUT2D eigenvalue weighted by molar-refractivity contribution is -0.127. The average Bonchev–Trinajstić information content (AvgIpc) is 3.03. The third kappa shape index (κ3) is 4.65. The monoisotopic (exact) mass is 489 g/mol. The number of imide groups is 1. The molecule has 0 atom stereocenters. The number of fused-ring (bicyclic) bond motifs is 1. The maximum absolute atomic E-state index is 13.1. The van der Waals surface area contributed by atoms with Gasteiger partial charge in [-0.1, -0.05) is 24.3 Å². The smallest absolute Gasteiger partial charge is 0.294 e. The van der Waals surface area contributed by atoms with Crippen LogP contribution in [-0.2, 0) is 9.59 Å². The predicted octanol–water partition coefficient (Wildman–Crippen LogP) is 5.92. The highest BCUT2D eigenvalue weighted by Gasteiger charge is 2.37. The first-order valence-corrected chi connectivity index (χ1v) is 12.4. The summed E-state index contributed by atoms with van der Waals surface area (Å²) in [6.45, 7) is 11.9. The summed E-state index contributed by atoms with van der Waals surface area (Å²) in [5.74, 6) is -0.846. The summed E-state index contributed by atoms with van der Waals surface area (Å²) in [5.41, 5.74) is 7.79. The van der Waals surface area contributed by atoms with Crippen LogP contribution >= 0.6 is 11.8 Å². The zero-order chi connectivity index (χ0) is 25.7. The largest absolute Gasteiger partial charge is 0.365 e. The highest BCUT2D eigenvalue weighted by atomic mass is 32.2. The molecule has 0 spiro atoms. The van der Waals surface area contributed by atoms with Gasteiger partial charge >= 0.3 is 0 Å². The molecule has 182 valence electrons. The van der Waals surface area contributed by atoms with Crippen molar-refractivity contribution in [2.45, 2.75) is 47.1 Å². The number of benzene rings is 2.